The number of ether oxygens (including phenoxy) is 1. The summed E-state index contributed by atoms with van der Waals surface area (Å²) in [5, 5.41) is 13.0. The molecule has 1 heterocycles. The molecule has 0 saturated carbocycles. The highest BCUT2D eigenvalue weighted by Gasteiger charge is 2.10. The predicted molar refractivity (Wildman–Crippen MR) is 67.8 cm³/mol. The second-order valence-electron chi connectivity index (χ2n) is 3.35. The van der Waals surface area contributed by atoms with Crippen LogP contribution >= 0.6 is 11.3 Å². The normalized spacial score (nSPS) is 9.71. The van der Waals surface area contributed by atoms with Crippen LogP contribution in [-0.2, 0) is 0 Å². The van der Waals surface area contributed by atoms with E-state index in [0.29, 0.717) is 10.7 Å². The Bertz CT molecular complexity index is 571. The minimum Gasteiger partial charge on any atom is -0.495 e. The lowest BCUT2D eigenvalue weighted by atomic mass is 10.3. The Morgan fingerprint density at radius 1 is 1.41 bits per heavy atom. The second-order valence-corrected chi connectivity index (χ2v) is 4.55. The van der Waals surface area contributed by atoms with Gasteiger partial charge in [0, 0.05) is 0 Å². The molecule has 2 aromatic rings. The Kier molecular flexibility index (Phi) is 3.26. The van der Waals surface area contributed by atoms with Crippen LogP contribution in [0.2, 0.25) is 0 Å². The molecule has 0 saturated heterocycles. The third kappa shape index (κ3) is 2.37. The van der Waals surface area contributed by atoms with Crippen LogP contribution in [0, 0.1) is 18.3 Å². The number of aryl methyl sites for hydroxylation is 1. The molecule has 5 heteroatoms. The van der Waals surface area contributed by atoms with Crippen molar-refractivity contribution in [3.63, 3.8) is 0 Å². The molecular formula is C12H11N3OS. The number of nitrogens with zero attached hydrogens (tertiary/aromatic N) is 2. The molecule has 0 bridgehead atoms. The van der Waals surface area contributed by atoms with Gasteiger partial charge in [-0.3, -0.25) is 0 Å². The van der Waals surface area contributed by atoms with Crippen LogP contribution in [0.4, 0.5) is 11.5 Å². The molecule has 4 nitrogen and oxygen atoms in total. The van der Waals surface area contributed by atoms with E-state index < -0.39 is 0 Å². The Balaban J connectivity index is 2.35. The molecule has 0 fully saturated rings. The average Bonchev–Trinajstić information content (AvgIpc) is 2.70. The first kappa shape index (κ1) is 11.4. The van der Waals surface area contributed by atoms with Gasteiger partial charge in [-0.2, -0.15) is 5.26 Å². The molecule has 17 heavy (non-hydrogen) atoms. The Hall–Kier alpha value is -2.06. The first-order valence-corrected chi connectivity index (χ1v) is 5.84. The van der Waals surface area contributed by atoms with Crippen LogP contribution < -0.4 is 10.1 Å². The number of benzene rings is 1. The maximum absolute atomic E-state index is 8.99. The van der Waals surface area contributed by atoms with Gasteiger partial charge in [0.15, 0.2) is 5.82 Å². The Labute approximate surface area is 103 Å². The molecular weight excluding hydrogens is 234 g/mol. The summed E-state index contributed by atoms with van der Waals surface area (Å²) in [6.07, 6.45) is 0. The lowest BCUT2D eigenvalue weighted by molar-refractivity contribution is 0.417. The molecule has 0 unspecified atom stereocenters. The third-order valence-corrected chi connectivity index (χ3v) is 3.07. The van der Waals surface area contributed by atoms with Crippen molar-refractivity contribution in [2.45, 2.75) is 6.92 Å². The quantitative estimate of drug-likeness (QED) is 0.902. The molecule has 0 aliphatic rings. The van der Waals surface area contributed by atoms with Crippen LogP contribution in [-0.4, -0.2) is 12.1 Å². The van der Waals surface area contributed by atoms with E-state index in [9.17, 15) is 0 Å². The maximum Gasteiger partial charge on any atom is 0.160 e. The summed E-state index contributed by atoms with van der Waals surface area (Å²) in [6.45, 7) is 1.87. The van der Waals surface area contributed by atoms with E-state index in [2.05, 4.69) is 16.4 Å². The van der Waals surface area contributed by atoms with E-state index in [1.54, 1.807) is 7.11 Å². The highest BCUT2D eigenvalue weighted by molar-refractivity contribution is 7.12. The van der Waals surface area contributed by atoms with Crippen molar-refractivity contribution < 1.29 is 4.74 Å². The molecule has 1 aromatic carbocycles. The van der Waals surface area contributed by atoms with Gasteiger partial charge in [0.05, 0.1) is 17.8 Å². The monoisotopic (exact) mass is 245 g/mol. The van der Waals surface area contributed by atoms with Gasteiger partial charge in [0.1, 0.15) is 16.7 Å². The Morgan fingerprint density at radius 3 is 2.88 bits per heavy atom. The first-order valence-electron chi connectivity index (χ1n) is 5.02. The number of hydrogen-bond acceptors (Lipinski definition) is 5. The number of methoxy groups -OCH3 is 1. The largest absolute Gasteiger partial charge is 0.495 e. The summed E-state index contributed by atoms with van der Waals surface area (Å²) in [4.78, 5) is 4.86. The minimum absolute atomic E-state index is 0.577. The first-order chi connectivity index (χ1) is 8.24. The number of anilines is 2. The molecule has 86 valence electrons. The molecule has 0 spiro atoms. The molecule has 0 aliphatic heterocycles. The number of nitriles is 1. The molecule has 2 rings (SSSR count). The summed E-state index contributed by atoms with van der Waals surface area (Å²) in [7, 11) is 1.61. The average molecular weight is 245 g/mol. The van der Waals surface area contributed by atoms with Gasteiger partial charge >= 0.3 is 0 Å². The van der Waals surface area contributed by atoms with Crippen molar-refractivity contribution >= 4 is 22.8 Å². The SMILES string of the molecule is COc1ccccc1Nc1nc(C)sc1C#N. The molecule has 0 aliphatic carbocycles. The summed E-state index contributed by atoms with van der Waals surface area (Å²) < 4.78 is 5.23. The molecule has 0 radical (unpaired) electrons. The highest BCUT2D eigenvalue weighted by Crippen LogP contribution is 2.30. The Morgan fingerprint density at radius 2 is 2.18 bits per heavy atom. The van der Waals surface area contributed by atoms with Crippen molar-refractivity contribution in [2.75, 3.05) is 12.4 Å². The van der Waals surface area contributed by atoms with E-state index in [4.69, 9.17) is 10.00 Å². The van der Waals surface area contributed by atoms with Crippen LogP contribution in [0.5, 0.6) is 5.75 Å². The highest BCUT2D eigenvalue weighted by atomic mass is 32.1. The van der Waals surface area contributed by atoms with Gasteiger partial charge in [-0.05, 0) is 19.1 Å². The van der Waals surface area contributed by atoms with Gasteiger partial charge in [-0.25, -0.2) is 4.98 Å². The van der Waals surface area contributed by atoms with Crippen molar-refractivity contribution in [1.29, 1.82) is 5.26 Å². The van der Waals surface area contributed by atoms with Crippen molar-refractivity contribution in [2.24, 2.45) is 0 Å². The number of hydrogen-bond donors (Lipinski definition) is 1. The van der Waals surface area contributed by atoms with Crippen LogP contribution in [0.25, 0.3) is 0 Å². The van der Waals surface area contributed by atoms with E-state index >= 15 is 0 Å². The fourth-order valence-corrected chi connectivity index (χ4v) is 2.13. The maximum atomic E-state index is 8.99. The summed E-state index contributed by atoms with van der Waals surface area (Å²) in [5.41, 5.74) is 0.803. The zero-order valence-corrected chi connectivity index (χ0v) is 10.3. The number of thiazole rings is 1. The summed E-state index contributed by atoms with van der Waals surface area (Å²) >= 11 is 1.37. The van der Waals surface area contributed by atoms with Gasteiger partial charge < -0.3 is 10.1 Å². The number of rotatable bonds is 3. The van der Waals surface area contributed by atoms with E-state index in [-0.39, 0.29) is 0 Å². The lowest BCUT2D eigenvalue weighted by Gasteiger charge is -2.08. The van der Waals surface area contributed by atoms with Gasteiger partial charge in [-0.1, -0.05) is 12.1 Å². The smallest absolute Gasteiger partial charge is 0.160 e. The lowest BCUT2D eigenvalue weighted by Crippen LogP contribution is -1.95. The van der Waals surface area contributed by atoms with Crippen LogP contribution in [0.15, 0.2) is 24.3 Å². The van der Waals surface area contributed by atoms with Gasteiger partial charge in [0.2, 0.25) is 0 Å². The van der Waals surface area contributed by atoms with Crippen molar-refractivity contribution in [1.82, 2.24) is 4.98 Å². The third-order valence-electron chi connectivity index (χ3n) is 2.20. The zero-order chi connectivity index (χ0) is 12.3. The number of aromatic nitrogens is 1. The van der Waals surface area contributed by atoms with Crippen LogP contribution in [0.1, 0.15) is 9.88 Å². The molecule has 1 N–H and O–H groups in total. The van der Waals surface area contributed by atoms with Crippen LogP contribution in [0.3, 0.4) is 0 Å². The van der Waals surface area contributed by atoms with E-state index in [1.165, 1.54) is 11.3 Å². The van der Waals surface area contributed by atoms with E-state index in [1.807, 2.05) is 31.2 Å². The zero-order valence-electron chi connectivity index (χ0n) is 9.52. The molecule has 0 atom stereocenters. The summed E-state index contributed by atoms with van der Waals surface area (Å²) in [6, 6.07) is 9.65. The minimum atomic E-state index is 0.577. The fourth-order valence-electron chi connectivity index (χ4n) is 1.46. The number of para-hydroxylation sites is 2. The predicted octanol–water partition coefficient (Wildman–Crippen LogP) is 3.08. The van der Waals surface area contributed by atoms with Gasteiger partial charge in [0.25, 0.3) is 0 Å². The summed E-state index contributed by atoms with van der Waals surface area (Å²) in [5.74, 6) is 1.31. The standard InChI is InChI=1S/C12H11N3OS/c1-8-14-12(11(7-13)17-8)15-9-5-3-4-6-10(9)16-2/h3-6,15H,1-2H3. The molecule has 0 amide bonds. The van der Waals surface area contributed by atoms with Gasteiger partial charge in [-0.15, -0.1) is 11.3 Å². The number of nitrogens with one attached hydrogen (secondary N) is 1. The molecule has 1 aromatic heterocycles. The fraction of sp³-hybridized carbons (Fsp3) is 0.167. The van der Waals surface area contributed by atoms with Crippen molar-refractivity contribution in [3.8, 4) is 11.8 Å². The van der Waals surface area contributed by atoms with Crippen molar-refractivity contribution in [3.05, 3.63) is 34.2 Å². The second kappa shape index (κ2) is 4.85. The topological polar surface area (TPSA) is 57.9 Å². The van der Waals surface area contributed by atoms with E-state index in [0.717, 1.165) is 16.4 Å².